The zero-order valence-corrected chi connectivity index (χ0v) is 20.1. The number of pyridine rings is 1. The van der Waals surface area contributed by atoms with Gasteiger partial charge in [-0.25, -0.2) is 4.98 Å². The van der Waals surface area contributed by atoms with Crippen LogP contribution < -0.4 is 11.1 Å². The first kappa shape index (κ1) is 24.1. The van der Waals surface area contributed by atoms with Crippen LogP contribution in [-0.2, 0) is 17.8 Å². The third-order valence-corrected chi connectivity index (χ3v) is 5.82. The van der Waals surface area contributed by atoms with Gasteiger partial charge < -0.3 is 11.1 Å². The molecule has 7 heteroatoms. The number of fused-ring (bicyclic) bond motifs is 1. The number of aromatic nitrogens is 1. The molecule has 0 radical (unpaired) electrons. The Balaban J connectivity index is 0.00000141. The SMILES string of the molecule is CC.Cc1ccc(-c2cccc3c2CN(CC(=O)Nc2ccc(Cl)nc2N)CC3)c(Cl)c1. The number of amides is 1. The van der Waals surface area contributed by atoms with Crippen LogP contribution in [0.4, 0.5) is 11.5 Å². The summed E-state index contributed by atoms with van der Waals surface area (Å²) in [5.41, 5.74) is 12.1. The van der Waals surface area contributed by atoms with Crippen molar-refractivity contribution in [3.8, 4) is 11.1 Å². The second-order valence-electron chi connectivity index (χ2n) is 7.50. The van der Waals surface area contributed by atoms with Crippen molar-refractivity contribution in [3.63, 3.8) is 0 Å². The molecular formula is C25H28Cl2N4O. The van der Waals surface area contributed by atoms with E-state index in [1.54, 1.807) is 12.1 Å². The lowest BCUT2D eigenvalue weighted by atomic mass is 9.91. The molecule has 0 spiro atoms. The largest absolute Gasteiger partial charge is 0.382 e. The molecule has 1 amide bonds. The minimum absolute atomic E-state index is 0.139. The average Bonchev–Trinajstić information content (AvgIpc) is 2.77. The van der Waals surface area contributed by atoms with Crippen molar-refractivity contribution in [3.05, 3.63) is 75.4 Å². The second-order valence-corrected chi connectivity index (χ2v) is 8.30. The number of aryl methyl sites for hydroxylation is 1. The lowest BCUT2D eigenvalue weighted by Crippen LogP contribution is -2.37. The van der Waals surface area contributed by atoms with Gasteiger partial charge in [-0.1, -0.05) is 67.4 Å². The maximum Gasteiger partial charge on any atom is 0.238 e. The third-order valence-electron chi connectivity index (χ3n) is 5.30. The van der Waals surface area contributed by atoms with Crippen LogP contribution in [-0.4, -0.2) is 28.9 Å². The standard InChI is InChI=1S/C23H22Cl2N4O.C2H6/c1-14-5-6-17(19(24)11-14)16-4-2-3-15-9-10-29(12-18(15)16)13-22(30)27-20-7-8-21(25)28-23(20)26;1-2/h2-8,11H,9-10,12-13H2,1H3,(H2,26,28)(H,27,30);1-2H3. The number of rotatable bonds is 4. The highest BCUT2D eigenvalue weighted by Crippen LogP contribution is 2.35. The predicted molar refractivity (Wildman–Crippen MR) is 134 cm³/mol. The Morgan fingerprint density at radius 1 is 1.12 bits per heavy atom. The first-order chi connectivity index (χ1) is 15.4. The minimum atomic E-state index is -0.139. The first-order valence-corrected chi connectivity index (χ1v) is 11.5. The lowest BCUT2D eigenvalue weighted by molar-refractivity contribution is -0.117. The summed E-state index contributed by atoms with van der Waals surface area (Å²) in [5, 5.41) is 3.85. The van der Waals surface area contributed by atoms with Crippen molar-refractivity contribution < 1.29 is 4.79 Å². The van der Waals surface area contributed by atoms with E-state index in [4.69, 9.17) is 28.9 Å². The highest BCUT2D eigenvalue weighted by Gasteiger charge is 2.22. The van der Waals surface area contributed by atoms with Crippen molar-refractivity contribution in [2.24, 2.45) is 0 Å². The number of hydrogen-bond acceptors (Lipinski definition) is 4. The summed E-state index contributed by atoms with van der Waals surface area (Å²) in [6, 6.07) is 15.7. The Bertz CT molecular complexity index is 1120. The van der Waals surface area contributed by atoms with E-state index in [1.165, 1.54) is 11.1 Å². The molecule has 2 aromatic carbocycles. The van der Waals surface area contributed by atoms with Crippen LogP contribution in [0, 0.1) is 6.92 Å². The van der Waals surface area contributed by atoms with Gasteiger partial charge in [-0.05, 0) is 53.8 Å². The van der Waals surface area contributed by atoms with Gasteiger partial charge in [0, 0.05) is 23.7 Å². The normalized spacial score (nSPS) is 13.0. The van der Waals surface area contributed by atoms with Crippen LogP contribution >= 0.6 is 23.2 Å². The number of nitrogen functional groups attached to an aromatic ring is 1. The molecule has 1 aliphatic heterocycles. The molecule has 5 nitrogen and oxygen atoms in total. The van der Waals surface area contributed by atoms with Gasteiger partial charge in [-0.15, -0.1) is 0 Å². The number of carbonyl (C=O) groups excluding carboxylic acids is 1. The quantitative estimate of drug-likeness (QED) is 0.460. The first-order valence-electron chi connectivity index (χ1n) is 10.7. The zero-order valence-electron chi connectivity index (χ0n) is 18.6. The average molecular weight is 471 g/mol. The number of carbonyl (C=O) groups is 1. The fraction of sp³-hybridized carbons (Fsp3) is 0.280. The highest BCUT2D eigenvalue weighted by atomic mass is 35.5. The molecule has 0 atom stereocenters. The molecule has 3 N–H and O–H groups in total. The molecule has 1 aliphatic rings. The topological polar surface area (TPSA) is 71.2 Å². The molecule has 32 heavy (non-hydrogen) atoms. The summed E-state index contributed by atoms with van der Waals surface area (Å²) in [5.74, 6) is 0.0660. The summed E-state index contributed by atoms with van der Waals surface area (Å²) in [6.07, 6.45) is 0.880. The van der Waals surface area contributed by atoms with Crippen molar-refractivity contribution in [1.82, 2.24) is 9.88 Å². The van der Waals surface area contributed by atoms with Crippen molar-refractivity contribution in [2.45, 2.75) is 33.7 Å². The van der Waals surface area contributed by atoms with Crippen LogP contribution in [0.15, 0.2) is 48.5 Å². The van der Waals surface area contributed by atoms with E-state index >= 15 is 0 Å². The number of nitrogens with zero attached hydrogens (tertiary/aromatic N) is 2. The van der Waals surface area contributed by atoms with E-state index in [2.05, 4.69) is 45.5 Å². The van der Waals surface area contributed by atoms with Gasteiger partial charge in [0.25, 0.3) is 0 Å². The Hall–Kier alpha value is -2.60. The predicted octanol–water partition coefficient (Wildman–Crippen LogP) is 5.97. The van der Waals surface area contributed by atoms with Crippen LogP contribution in [0.1, 0.15) is 30.5 Å². The van der Waals surface area contributed by atoms with Crippen LogP contribution in [0.25, 0.3) is 11.1 Å². The van der Waals surface area contributed by atoms with E-state index in [0.29, 0.717) is 17.4 Å². The molecule has 2 heterocycles. The van der Waals surface area contributed by atoms with Gasteiger partial charge in [-0.3, -0.25) is 9.69 Å². The Morgan fingerprint density at radius 3 is 2.62 bits per heavy atom. The number of benzene rings is 2. The van der Waals surface area contributed by atoms with Crippen LogP contribution in [0.2, 0.25) is 10.2 Å². The Kier molecular flexibility index (Phi) is 8.13. The van der Waals surface area contributed by atoms with E-state index in [1.807, 2.05) is 26.8 Å². The number of halogens is 2. The monoisotopic (exact) mass is 470 g/mol. The molecule has 168 valence electrons. The molecule has 0 saturated carbocycles. The number of hydrogen-bond donors (Lipinski definition) is 2. The summed E-state index contributed by atoms with van der Waals surface area (Å²) in [7, 11) is 0. The summed E-state index contributed by atoms with van der Waals surface area (Å²) < 4.78 is 0. The smallest absolute Gasteiger partial charge is 0.238 e. The molecule has 0 unspecified atom stereocenters. The van der Waals surface area contributed by atoms with Gasteiger partial charge in [0.1, 0.15) is 11.0 Å². The van der Waals surface area contributed by atoms with Gasteiger partial charge in [-0.2, -0.15) is 0 Å². The molecule has 1 aromatic heterocycles. The van der Waals surface area contributed by atoms with E-state index in [0.717, 1.165) is 34.7 Å². The zero-order chi connectivity index (χ0) is 23.3. The van der Waals surface area contributed by atoms with Crippen LogP contribution in [0.5, 0.6) is 0 Å². The molecule has 0 saturated heterocycles. The van der Waals surface area contributed by atoms with Crippen molar-refractivity contribution in [1.29, 1.82) is 0 Å². The van der Waals surface area contributed by atoms with Crippen LogP contribution in [0.3, 0.4) is 0 Å². The lowest BCUT2D eigenvalue weighted by Gasteiger charge is -2.30. The summed E-state index contributed by atoms with van der Waals surface area (Å²) in [4.78, 5) is 18.7. The number of nitrogens with two attached hydrogens (primary N) is 1. The Morgan fingerprint density at radius 2 is 1.91 bits per heavy atom. The van der Waals surface area contributed by atoms with Gasteiger partial charge in [0.15, 0.2) is 0 Å². The summed E-state index contributed by atoms with van der Waals surface area (Å²) >= 11 is 12.4. The molecule has 0 aliphatic carbocycles. The fourth-order valence-electron chi connectivity index (χ4n) is 3.81. The molecular weight excluding hydrogens is 443 g/mol. The number of nitrogens with one attached hydrogen (secondary N) is 1. The third kappa shape index (κ3) is 5.60. The number of anilines is 2. The summed E-state index contributed by atoms with van der Waals surface area (Å²) in [6.45, 7) is 7.77. The van der Waals surface area contributed by atoms with E-state index in [-0.39, 0.29) is 18.3 Å². The van der Waals surface area contributed by atoms with Gasteiger partial charge >= 0.3 is 0 Å². The molecule has 4 rings (SSSR count). The van der Waals surface area contributed by atoms with E-state index in [9.17, 15) is 4.79 Å². The molecule has 0 bridgehead atoms. The fourth-order valence-corrected chi connectivity index (χ4v) is 4.30. The minimum Gasteiger partial charge on any atom is -0.382 e. The van der Waals surface area contributed by atoms with Gasteiger partial charge in [0.05, 0.1) is 12.2 Å². The highest BCUT2D eigenvalue weighted by molar-refractivity contribution is 6.33. The Labute approximate surface area is 199 Å². The second kappa shape index (κ2) is 10.8. The van der Waals surface area contributed by atoms with Crippen molar-refractivity contribution >= 4 is 40.6 Å². The maximum absolute atomic E-state index is 12.6. The van der Waals surface area contributed by atoms with Crippen molar-refractivity contribution in [2.75, 3.05) is 24.1 Å². The van der Waals surface area contributed by atoms with E-state index < -0.39 is 0 Å². The maximum atomic E-state index is 12.6. The molecule has 3 aromatic rings. The molecule has 0 fully saturated rings. The van der Waals surface area contributed by atoms with Gasteiger partial charge in [0.2, 0.25) is 5.91 Å².